The van der Waals surface area contributed by atoms with Crippen LogP contribution >= 0.6 is 0 Å². The normalized spacial score (nSPS) is 12.7. The van der Waals surface area contributed by atoms with E-state index < -0.39 is 11.4 Å². The molecular weight excluding hydrogens is 256 g/mol. The first-order valence-electron chi connectivity index (χ1n) is 5.76. The summed E-state index contributed by atoms with van der Waals surface area (Å²) in [4.78, 5) is 11.4. The smallest absolute Gasteiger partial charge is 0.376 e. The van der Waals surface area contributed by atoms with Crippen molar-refractivity contribution in [2.24, 2.45) is 5.41 Å². The van der Waals surface area contributed by atoms with E-state index in [-0.39, 0.29) is 44.2 Å². The van der Waals surface area contributed by atoms with E-state index in [9.17, 15) is 20.1 Å². The van der Waals surface area contributed by atoms with Crippen LogP contribution in [0.25, 0.3) is 0 Å². The highest BCUT2D eigenvalue weighted by Gasteiger charge is 2.29. The third kappa shape index (κ3) is 4.70. The number of rotatable bonds is 9. The summed E-state index contributed by atoms with van der Waals surface area (Å²) in [5, 5.41) is 27.6. The lowest BCUT2D eigenvalue weighted by Gasteiger charge is -2.27. The molecule has 0 heterocycles. The summed E-state index contributed by atoms with van der Waals surface area (Å²) in [5.74, 6) is -0.524. The zero-order valence-electron chi connectivity index (χ0n) is 11.5. The summed E-state index contributed by atoms with van der Waals surface area (Å²) in [6.07, 6.45) is 0.431. The predicted octanol–water partition coefficient (Wildman–Crippen LogP) is -0.593. The number of carbonyl (C=O) groups is 1. The van der Waals surface area contributed by atoms with Crippen LogP contribution in [0.3, 0.4) is 0 Å². The Bertz CT molecular complexity index is 299. The SMILES string of the molecule is COC(=O)C(OC)=C(CCC(CO)(CO)CO)OC. The summed E-state index contributed by atoms with van der Waals surface area (Å²) in [6, 6.07) is 0. The number of aliphatic hydroxyl groups is 3. The summed E-state index contributed by atoms with van der Waals surface area (Å²) >= 11 is 0. The van der Waals surface area contributed by atoms with Gasteiger partial charge in [0.05, 0.1) is 41.2 Å². The lowest BCUT2D eigenvalue weighted by molar-refractivity contribution is -0.140. The highest BCUT2D eigenvalue weighted by molar-refractivity contribution is 5.86. The maximum Gasteiger partial charge on any atom is 0.376 e. The molecule has 0 aromatic carbocycles. The summed E-state index contributed by atoms with van der Waals surface area (Å²) < 4.78 is 14.5. The van der Waals surface area contributed by atoms with E-state index in [2.05, 4.69) is 4.74 Å². The number of aliphatic hydroxyl groups excluding tert-OH is 3. The van der Waals surface area contributed by atoms with Crippen molar-refractivity contribution in [1.29, 1.82) is 0 Å². The van der Waals surface area contributed by atoms with Crippen molar-refractivity contribution in [3.8, 4) is 0 Å². The molecule has 7 nitrogen and oxygen atoms in total. The molecule has 0 bridgehead atoms. The average Bonchev–Trinajstić information content (AvgIpc) is 2.47. The monoisotopic (exact) mass is 278 g/mol. The number of esters is 1. The highest BCUT2D eigenvalue weighted by Crippen LogP contribution is 2.26. The fourth-order valence-corrected chi connectivity index (χ4v) is 1.48. The van der Waals surface area contributed by atoms with Crippen LogP contribution in [-0.4, -0.2) is 62.4 Å². The van der Waals surface area contributed by atoms with Crippen molar-refractivity contribution in [2.45, 2.75) is 12.8 Å². The minimum absolute atomic E-state index is 0.0762. The molecule has 112 valence electrons. The van der Waals surface area contributed by atoms with Crippen molar-refractivity contribution >= 4 is 5.97 Å². The van der Waals surface area contributed by atoms with Crippen LogP contribution in [0, 0.1) is 5.41 Å². The van der Waals surface area contributed by atoms with Gasteiger partial charge in [-0.3, -0.25) is 0 Å². The van der Waals surface area contributed by atoms with Gasteiger partial charge in [0.1, 0.15) is 5.76 Å². The zero-order chi connectivity index (χ0) is 14.9. The van der Waals surface area contributed by atoms with Gasteiger partial charge >= 0.3 is 5.97 Å². The van der Waals surface area contributed by atoms with Gasteiger partial charge in [-0.2, -0.15) is 0 Å². The van der Waals surface area contributed by atoms with Gasteiger partial charge in [-0.15, -0.1) is 0 Å². The van der Waals surface area contributed by atoms with E-state index in [0.717, 1.165) is 0 Å². The topological polar surface area (TPSA) is 105 Å². The molecule has 0 aromatic rings. The van der Waals surface area contributed by atoms with Gasteiger partial charge in [-0.05, 0) is 6.42 Å². The van der Waals surface area contributed by atoms with Crippen molar-refractivity contribution in [3.63, 3.8) is 0 Å². The summed E-state index contributed by atoms with van der Waals surface area (Å²) in [6.45, 7) is -1.13. The molecule has 0 aliphatic rings. The molecule has 0 fully saturated rings. The Kier molecular flexibility index (Phi) is 8.13. The molecule has 0 unspecified atom stereocenters. The van der Waals surface area contributed by atoms with Crippen LogP contribution in [-0.2, 0) is 19.0 Å². The minimum Gasteiger partial charge on any atom is -0.497 e. The fraction of sp³-hybridized carbons (Fsp3) is 0.750. The fourth-order valence-electron chi connectivity index (χ4n) is 1.48. The van der Waals surface area contributed by atoms with Gasteiger partial charge in [0.25, 0.3) is 0 Å². The molecule has 0 amide bonds. The molecule has 0 atom stereocenters. The van der Waals surface area contributed by atoms with Crippen molar-refractivity contribution in [3.05, 3.63) is 11.5 Å². The molecule has 0 aliphatic carbocycles. The molecule has 3 N–H and O–H groups in total. The molecule has 0 radical (unpaired) electrons. The van der Waals surface area contributed by atoms with E-state index in [1.54, 1.807) is 0 Å². The summed E-state index contributed by atoms with van der Waals surface area (Å²) in [7, 11) is 3.90. The van der Waals surface area contributed by atoms with Gasteiger partial charge < -0.3 is 29.5 Å². The molecule has 7 heteroatoms. The van der Waals surface area contributed by atoms with E-state index in [4.69, 9.17) is 9.47 Å². The Morgan fingerprint density at radius 2 is 1.47 bits per heavy atom. The Hall–Kier alpha value is -1.31. The second-order valence-corrected chi connectivity index (χ2v) is 4.13. The van der Waals surface area contributed by atoms with E-state index in [0.29, 0.717) is 0 Å². The van der Waals surface area contributed by atoms with Gasteiger partial charge in [-0.25, -0.2) is 4.79 Å². The number of methoxy groups -OCH3 is 3. The maximum absolute atomic E-state index is 11.4. The Morgan fingerprint density at radius 1 is 0.947 bits per heavy atom. The molecule has 0 aromatic heterocycles. The van der Waals surface area contributed by atoms with Gasteiger partial charge in [-0.1, -0.05) is 0 Å². The number of carbonyl (C=O) groups excluding carboxylic acids is 1. The second kappa shape index (κ2) is 8.73. The summed E-state index contributed by atoms with van der Waals surface area (Å²) in [5.41, 5.74) is -1.03. The van der Waals surface area contributed by atoms with E-state index in [1.165, 1.54) is 21.3 Å². The van der Waals surface area contributed by atoms with E-state index >= 15 is 0 Å². The zero-order valence-corrected chi connectivity index (χ0v) is 11.5. The predicted molar refractivity (Wildman–Crippen MR) is 66.0 cm³/mol. The molecule has 0 rings (SSSR count). The minimum atomic E-state index is -1.03. The Labute approximate surface area is 112 Å². The van der Waals surface area contributed by atoms with Crippen LogP contribution in [0.5, 0.6) is 0 Å². The first kappa shape index (κ1) is 17.7. The van der Waals surface area contributed by atoms with Crippen LogP contribution < -0.4 is 0 Å². The Morgan fingerprint density at radius 3 is 1.79 bits per heavy atom. The molecule has 0 saturated carbocycles. The third-order valence-electron chi connectivity index (χ3n) is 2.96. The van der Waals surface area contributed by atoms with Gasteiger partial charge in [0.15, 0.2) is 0 Å². The van der Waals surface area contributed by atoms with Crippen molar-refractivity contribution in [1.82, 2.24) is 0 Å². The number of hydrogen-bond donors (Lipinski definition) is 3. The molecule has 19 heavy (non-hydrogen) atoms. The van der Waals surface area contributed by atoms with Crippen molar-refractivity contribution in [2.75, 3.05) is 41.2 Å². The average molecular weight is 278 g/mol. The highest BCUT2D eigenvalue weighted by atomic mass is 16.6. The molecular formula is C12H22O7. The number of ether oxygens (including phenoxy) is 3. The maximum atomic E-state index is 11.4. The number of allylic oxidation sites excluding steroid dienone is 1. The largest absolute Gasteiger partial charge is 0.497 e. The lowest BCUT2D eigenvalue weighted by Crippen LogP contribution is -2.34. The lowest BCUT2D eigenvalue weighted by atomic mass is 9.85. The van der Waals surface area contributed by atoms with Crippen LogP contribution in [0.1, 0.15) is 12.8 Å². The van der Waals surface area contributed by atoms with E-state index in [1.807, 2.05) is 0 Å². The standard InChI is InChI=1S/C12H22O7/c1-17-9(10(18-2)11(16)19-3)4-5-12(6-13,7-14)8-15/h13-15H,4-8H2,1-3H3. The quantitative estimate of drug-likeness (QED) is 0.294. The third-order valence-corrected chi connectivity index (χ3v) is 2.96. The molecule has 0 spiro atoms. The van der Waals surface area contributed by atoms with Crippen LogP contribution in [0.2, 0.25) is 0 Å². The van der Waals surface area contributed by atoms with Crippen LogP contribution in [0.4, 0.5) is 0 Å². The molecule has 0 saturated heterocycles. The Balaban J connectivity index is 4.99. The van der Waals surface area contributed by atoms with Gasteiger partial charge in [0, 0.05) is 11.8 Å². The van der Waals surface area contributed by atoms with Crippen molar-refractivity contribution < 1.29 is 34.3 Å². The van der Waals surface area contributed by atoms with Crippen LogP contribution in [0.15, 0.2) is 11.5 Å². The first-order valence-corrected chi connectivity index (χ1v) is 5.76. The molecule has 0 aliphatic heterocycles. The number of hydrogen-bond acceptors (Lipinski definition) is 7. The first-order chi connectivity index (χ1) is 9.03. The van der Waals surface area contributed by atoms with Gasteiger partial charge in [0.2, 0.25) is 5.76 Å². The second-order valence-electron chi connectivity index (χ2n) is 4.13.